The van der Waals surface area contributed by atoms with Crippen molar-refractivity contribution >= 4 is 33.6 Å². The fourth-order valence-corrected chi connectivity index (χ4v) is 7.40. The van der Waals surface area contributed by atoms with E-state index in [0.29, 0.717) is 49.8 Å². The number of fused-ring (bicyclic) bond motifs is 1. The molecule has 4 N–H and O–H groups in total. The van der Waals surface area contributed by atoms with Crippen LogP contribution in [0, 0.1) is 0 Å². The Morgan fingerprint density at radius 1 is 1.11 bits per heavy atom. The number of benzene rings is 2. The van der Waals surface area contributed by atoms with E-state index >= 15 is 0 Å². The van der Waals surface area contributed by atoms with Crippen molar-refractivity contribution in [1.82, 2.24) is 5.32 Å². The minimum absolute atomic E-state index is 0.0895. The normalized spacial score (nSPS) is 23.2. The molecule has 2 aliphatic rings. The van der Waals surface area contributed by atoms with Gasteiger partial charge in [0.1, 0.15) is 28.6 Å². The number of aliphatic hydroxyl groups is 1. The molecule has 4 rings (SSSR count). The topological polar surface area (TPSA) is 177 Å². The van der Waals surface area contributed by atoms with Gasteiger partial charge in [-0.05, 0) is 61.9 Å². The summed E-state index contributed by atoms with van der Waals surface area (Å²) < 4.78 is 34.8. The van der Waals surface area contributed by atoms with Crippen LogP contribution in [-0.4, -0.2) is 78.3 Å². The molecule has 12 heteroatoms. The lowest BCUT2D eigenvalue weighted by Crippen LogP contribution is -2.43. The zero-order chi connectivity index (χ0) is 32.0. The number of allylic oxidation sites excluding steroid dienone is 1. The highest BCUT2D eigenvalue weighted by Crippen LogP contribution is 2.44. The number of Topliss-reactive ketones (excluding diaryl/α,β-unsaturated/α-hetero) is 1. The number of rotatable bonds is 6. The lowest BCUT2D eigenvalue weighted by molar-refractivity contribution is -0.122. The van der Waals surface area contributed by atoms with E-state index in [1.165, 1.54) is 13.2 Å². The van der Waals surface area contributed by atoms with Crippen LogP contribution in [0.5, 0.6) is 17.2 Å². The van der Waals surface area contributed by atoms with Gasteiger partial charge >= 0.3 is 5.97 Å². The van der Waals surface area contributed by atoms with Crippen molar-refractivity contribution in [3.8, 4) is 17.2 Å². The van der Waals surface area contributed by atoms with Gasteiger partial charge in [0, 0.05) is 30.7 Å². The number of carbonyl (C=O) groups is 3. The molecule has 1 fully saturated rings. The Labute approximate surface area is 256 Å². The third kappa shape index (κ3) is 8.17. The number of amides is 1. The highest BCUT2D eigenvalue weighted by molar-refractivity contribution is 7.91. The predicted octanol–water partition coefficient (Wildman–Crippen LogP) is 3.38. The summed E-state index contributed by atoms with van der Waals surface area (Å²) in [4.78, 5) is 38.9. The zero-order valence-electron chi connectivity index (χ0n) is 24.8. The molecule has 1 amide bonds. The van der Waals surface area contributed by atoms with Crippen LogP contribution >= 0.6 is 0 Å². The molecule has 238 valence electrons. The lowest BCUT2D eigenvalue weighted by atomic mass is 9.84. The van der Waals surface area contributed by atoms with Crippen LogP contribution in [0.25, 0.3) is 6.08 Å². The number of cyclic esters (lactones) is 1. The van der Waals surface area contributed by atoms with Gasteiger partial charge in [-0.3, -0.25) is 9.59 Å². The molecule has 1 saturated heterocycles. The largest absolute Gasteiger partial charge is 0.507 e. The average Bonchev–Trinajstić information content (AvgIpc) is 3.21. The first-order chi connectivity index (χ1) is 20.9. The number of sulfone groups is 1. The Kier molecular flexibility index (Phi) is 10.7. The molecule has 2 heterocycles. The number of aliphatic hydroxyl groups excluding tert-OH is 1. The van der Waals surface area contributed by atoms with Crippen molar-refractivity contribution in [3.63, 3.8) is 0 Å². The summed E-state index contributed by atoms with van der Waals surface area (Å²) in [5, 5.41) is 35.7. The van der Waals surface area contributed by atoms with E-state index < -0.39 is 63.1 Å². The number of aromatic hydroxyl groups is 2. The second kappa shape index (κ2) is 14.3. The van der Waals surface area contributed by atoms with Gasteiger partial charge in [-0.25, -0.2) is 13.2 Å². The van der Waals surface area contributed by atoms with Gasteiger partial charge in [0.2, 0.25) is 5.91 Å². The number of carbonyl (C=O) groups excluding carboxylic acids is 3. The van der Waals surface area contributed by atoms with Gasteiger partial charge in [-0.1, -0.05) is 24.3 Å². The quantitative estimate of drug-likeness (QED) is 0.347. The second-order valence-corrected chi connectivity index (χ2v) is 13.6. The molecule has 2 aliphatic heterocycles. The highest BCUT2D eigenvalue weighted by atomic mass is 32.2. The molecule has 4 atom stereocenters. The highest BCUT2D eigenvalue weighted by Gasteiger charge is 2.38. The molecule has 0 radical (unpaired) electrons. The van der Waals surface area contributed by atoms with Crippen LogP contribution in [0.1, 0.15) is 84.8 Å². The van der Waals surface area contributed by atoms with Gasteiger partial charge in [-0.2, -0.15) is 0 Å². The maximum absolute atomic E-state index is 13.5. The Morgan fingerprint density at radius 3 is 2.48 bits per heavy atom. The molecule has 0 aliphatic carbocycles. The second-order valence-electron chi connectivity index (χ2n) is 11.4. The number of hydrogen-bond donors (Lipinski definition) is 4. The van der Waals surface area contributed by atoms with Crippen molar-refractivity contribution in [3.05, 3.63) is 58.7 Å². The Hall–Kier alpha value is -3.90. The van der Waals surface area contributed by atoms with Crippen molar-refractivity contribution in [1.29, 1.82) is 0 Å². The molecule has 1 unspecified atom stereocenters. The molecule has 44 heavy (non-hydrogen) atoms. The smallest absolute Gasteiger partial charge is 0.342 e. The van der Waals surface area contributed by atoms with Crippen LogP contribution < -0.4 is 10.1 Å². The van der Waals surface area contributed by atoms with Crippen LogP contribution in [0.15, 0.2) is 36.4 Å². The fraction of sp³-hybridized carbons (Fsp3) is 0.469. The van der Waals surface area contributed by atoms with E-state index in [2.05, 4.69) is 5.32 Å². The summed E-state index contributed by atoms with van der Waals surface area (Å²) in [6.45, 7) is 1.70. The third-order valence-electron chi connectivity index (χ3n) is 7.98. The summed E-state index contributed by atoms with van der Waals surface area (Å²) >= 11 is 0. The summed E-state index contributed by atoms with van der Waals surface area (Å²) in [6, 6.07) is 6.91. The van der Waals surface area contributed by atoms with Gasteiger partial charge < -0.3 is 30.1 Å². The fourth-order valence-electron chi connectivity index (χ4n) is 5.66. The van der Waals surface area contributed by atoms with E-state index in [0.717, 1.165) is 0 Å². The SMILES string of the molecule is COc1ccc(C(CC(=O)N[C@H]2CS(=O)(=O)C[C@H]2O)c2c(O)cc3c(c2O)C(=O)O[C@@H](C)CCCC(=O)CCCC=C3)cc1. The monoisotopic (exact) mass is 629 g/mol. The van der Waals surface area contributed by atoms with Crippen molar-refractivity contribution in [2.75, 3.05) is 18.6 Å². The van der Waals surface area contributed by atoms with Crippen LogP contribution in [-0.2, 0) is 24.2 Å². The number of ketones is 1. The van der Waals surface area contributed by atoms with Crippen molar-refractivity contribution in [2.24, 2.45) is 0 Å². The lowest BCUT2D eigenvalue weighted by Gasteiger charge is -2.24. The minimum atomic E-state index is -3.52. The van der Waals surface area contributed by atoms with E-state index in [1.807, 2.05) is 0 Å². The summed E-state index contributed by atoms with van der Waals surface area (Å²) in [7, 11) is -2.03. The molecular weight excluding hydrogens is 590 g/mol. The number of ether oxygens (including phenoxy) is 2. The van der Waals surface area contributed by atoms with Gasteiger partial charge in [0.15, 0.2) is 9.84 Å². The van der Waals surface area contributed by atoms with E-state index in [4.69, 9.17) is 9.47 Å². The number of phenolic OH excluding ortho intramolecular Hbond substituents is 2. The first kappa shape index (κ1) is 33.0. The summed E-state index contributed by atoms with van der Waals surface area (Å²) in [5.74, 6) is -3.57. The van der Waals surface area contributed by atoms with Crippen molar-refractivity contribution in [2.45, 2.75) is 76.0 Å². The number of esters is 1. The molecule has 0 saturated carbocycles. The van der Waals surface area contributed by atoms with E-state index in [9.17, 15) is 38.1 Å². The number of phenols is 2. The maximum Gasteiger partial charge on any atom is 0.342 e. The van der Waals surface area contributed by atoms with Crippen LogP contribution in [0.3, 0.4) is 0 Å². The van der Waals surface area contributed by atoms with Gasteiger partial charge in [-0.15, -0.1) is 0 Å². The van der Waals surface area contributed by atoms with E-state index in [-0.39, 0.29) is 34.6 Å². The number of hydrogen-bond acceptors (Lipinski definition) is 10. The molecular formula is C32H39NO10S. The van der Waals surface area contributed by atoms with Crippen molar-refractivity contribution < 1.29 is 47.6 Å². The summed E-state index contributed by atoms with van der Waals surface area (Å²) in [5.41, 5.74) is 0.439. The molecule has 0 bridgehead atoms. The number of methoxy groups -OCH3 is 1. The van der Waals surface area contributed by atoms with Crippen LogP contribution in [0.2, 0.25) is 0 Å². The van der Waals surface area contributed by atoms with Gasteiger partial charge in [0.05, 0.1) is 36.9 Å². The molecule has 2 aromatic carbocycles. The molecule has 0 spiro atoms. The third-order valence-corrected chi connectivity index (χ3v) is 9.69. The Bertz CT molecular complexity index is 1520. The standard InChI is InChI=1S/C32H39NO10S/c1-19-7-6-10-22(34)9-5-3-4-8-21-15-26(35)30(31(38)29(21)32(39)43-19)24(20-11-13-23(42-2)14-12-20)16-28(37)33-25-17-44(40,41)18-27(25)36/h4,8,11-15,19,24-25,27,35-36,38H,3,5-7,9-10,16-18H2,1-2H3,(H,33,37)/t19-,24?,25-,27+/m0/s1. The Balaban J connectivity index is 1.76. The maximum atomic E-state index is 13.5. The molecule has 11 nitrogen and oxygen atoms in total. The van der Waals surface area contributed by atoms with E-state index in [1.54, 1.807) is 43.3 Å². The predicted molar refractivity (Wildman–Crippen MR) is 162 cm³/mol. The summed E-state index contributed by atoms with van der Waals surface area (Å²) in [6.07, 6.45) is 4.13. The molecule has 2 aromatic rings. The average molecular weight is 630 g/mol. The molecule has 0 aromatic heterocycles. The first-order valence-electron chi connectivity index (χ1n) is 14.7. The zero-order valence-corrected chi connectivity index (χ0v) is 25.6. The Morgan fingerprint density at radius 2 is 1.82 bits per heavy atom. The number of nitrogens with one attached hydrogen (secondary N) is 1. The first-order valence-corrected chi connectivity index (χ1v) is 16.5. The van der Waals surface area contributed by atoms with Gasteiger partial charge in [0.25, 0.3) is 0 Å². The van der Waals surface area contributed by atoms with Crippen LogP contribution in [0.4, 0.5) is 0 Å². The minimum Gasteiger partial charge on any atom is -0.507 e.